The fourth-order valence-electron chi connectivity index (χ4n) is 2.45. The van der Waals surface area contributed by atoms with Crippen molar-refractivity contribution in [3.63, 3.8) is 0 Å². The Hall–Kier alpha value is -3.03. The minimum atomic E-state index is -0.388. The third-order valence-corrected chi connectivity index (χ3v) is 4.66. The van der Waals surface area contributed by atoms with Gasteiger partial charge in [0.1, 0.15) is 18.1 Å². The largest absolute Gasteiger partial charge is 0.496 e. The summed E-state index contributed by atoms with van der Waals surface area (Å²) in [5.74, 6) is 0.842. The first-order valence-electron chi connectivity index (χ1n) is 8.54. The van der Waals surface area contributed by atoms with Gasteiger partial charge >= 0.3 is 0 Å². The second-order valence-corrected chi connectivity index (χ2v) is 6.82. The van der Waals surface area contributed by atoms with Gasteiger partial charge in [0, 0.05) is 24.9 Å². The van der Waals surface area contributed by atoms with E-state index in [1.807, 2.05) is 12.1 Å². The maximum Gasteiger partial charge on any atom is 0.291 e. The Morgan fingerprint density at radius 2 is 2.03 bits per heavy atom. The number of hydrazone groups is 1. The van der Waals surface area contributed by atoms with E-state index in [0.29, 0.717) is 21.5 Å². The van der Waals surface area contributed by atoms with Crippen molar-refractivity contribution in [2.24, 2.45) is 12.1 Å². The Labute approximate surface area is 177 Å². The predicted molar refractivity (Wildman–Crippen MR) is 112 cm³/mol. The van der Waals surface area contributed by atoms with Gasteiger partial charge in [-0.1, -0.05) is 35.3 Å². The third-order valence-electron chi connectivity index (χ3n) is 3.92. The van der Waals surface area contributed by atoms with Crippen molar-refractivity contribution >= 4 is 35.3 Å². The predicted octanol–water partition coefficient (Wildman–Crippen LogP) is 4.08. The lowest BCUT2D eigenvalue weighted by Crippen LogP contribution is -2.18. The lowest BCUT2D eigenvalue weighted by molar-refractivity contribution is 0.0949. The van der Waals surface area contributed by atoms with Crippen molar-refractivity contribution in [3.8, 4) is 11.5 Å². The molecule has 1 heterocycles. The number of amides is 1. The molecule has 29 heavy (non-hydrogen) atoms. The highest BCUT2D eigenvalue weighted by molar-refractivity contribution is 6.42. The van der Waals surface area contributed by atoms with Crippen LogP contribution >= 0.6 is 23.2 Å². The van der Waals surface area contributed by atoms with Crippen molar-refractivity contribution in [2.45, 2.75) is 6.61 Å². The molecule has 9 heteroatoms. The zero-order valence-electron chi connectivity index (χ0n) is 15.7. The lowest BCUT2D eigenvalue weighted by Gasteiger charge is -2.11. The first-order valence-corrected chi connectivity index (χ1v) is 9.29. The van der Waals surface area contributed by atoms with Crippen LogP contribution in [0, 0.1) is 0 Å². The quantitative estimate of drug-likeness (QED) is 0.450. The first-order chi connectivity index (χ1) is 14.0. The number of aryl methyl sites for hydroxylation is 1. The summed E-state index contributed by atoms with van der Waals surface area (Å²) in [4.78, 5) is 11.9. The molecule has 0 atom stereocenters. The van der Waals surface area contributed by atoms with E-state index in [1.165, 1.54) is 6.21 Å². The van der Waals surface area contributed by atoms with Crippen LogP contribution in [0.5, 0.6) is 11.5 Å². The smallest absolute Gasteiger partial charge is 0.291 e. The number of carbonyl (C=O) groups excluding carboxylic acids is 1. The first kappa shape index (κ1) is 20.7. The van der Waals surface area contributed by atoms with E-state index >= 15 is 0 Å². The number of methoxy groups -OCH3 is 1. The highest BCUT2D eigenvalue weighted by Crippen LogP contribution is 2.28. The maximum atomic E-state index is 11.9. The summed E-state index contributed by atoms with van der Waals surface area (Å²) in [6.07, 6.45) is 3.20. The minimum Gasteiger partial charge on any atom is -0.496 e. The average Bonchev–Trinajstić information content (AvgIpc) is 3.15. The van der Waals surface area contributed by atoms with Crippen LogP contribution in [-0.2, 0) is 13.7 Å². The van der Waals surface area contributed by atoms with Crippen molar-refractivity contribution in [3.05, 3.63) is 75.5 Å². The summed E-state index contributed by atoms with van der Waals surface area (Å²) in [5, 5.41) is 8.86. The zero-order chi connectivity index (χ0) is 20.8. The van der Waals surface area contributed by atoms with E-state index in [1.54, 1.807) is 55.4 Å². The summed E-state index contributed by atoms with van der Waals surface area (Å²) in [7, 11) is 3.31. The Kier molecular flexibility index (Phi) is 6.74. The zero-order valence-corrected chi connectivity index (χ0v) is 17.2. The van der Waals surface area contributed by atoms with Crippen LogP contribution in [0.4, 0.5) is 0 Å². The van der Waals surface area contributed by atoms with Gasteiger partial charge in [-0.2, -0.15) is 10.2 Å². The monoisotopic (exact) mass is 432 g/mol. The van der Waals surface area contributed by atoms with Gasteiger partial charge in [0.25, 0.3) is 5.91 Å². The molecule has 1 amide bonds. The Bertz CT molecular complexity index is 1050. The Balaban J connectivity index is 1.63. The molecule has 0 fully saturated rings. The van der Waals surface area contributed by atoms with Crippen LogP contribution in [0.15, 0.2) is 53.8 Å². The molecule has 1 aromatic heterocycles. The summed E-state index contributed by atoms with van der Waals surface area (Å²) in [6, 6.07) is 12.2. The number of aromatic nitrogens is 2. The van der Waals surface area contributed by atoms with Crippen LogP contribution < -0.4 is 14.9 Å². The van der Waals surface area contributed by atoms with Gasteiger partial charge in [0.2, 0.25) is 0 Å². The number of nitrogens with one attached hydrogen (secondary N) is 1. The molecule has 7 nitrogen and oxygen atoms in total. The van der Waals surface area contributed by atoms with E-state index in [4.69, 9.17) is 32.7 Å². The molecule has 0 spiro atoms. The number of halogens is 2. The second-order valence-electron chi connectivity index (χ2n) is 6.01. The van der Waals surface area contributed by atoms with Gasteiger partial charge in [-0.05, 0) is 29.8 Å². The van der Waals surface area contributed by atoms with Crippen molar-refractivity contribution in [1.82, 2.24) is 15.2 Å². The minimum absolute atomic E-state index is 0.287. The molecule has 3 rings (SSSR count). The number of carbonyl (C=O) groups is 1. The molecule has 0 aliphatic rings. The van der Waals surface area contributed by atoms with Crippen molar-refractivity contribution in [2.75, 3.05) is 7.11 Å². The van der Waals surface area contributed by atoms with Crippen LogP contribution in [0.3, 0.4) is 0 Å². The number of ether oxygens (including phenoxy) is 2. The molecular weight excluding hydrogens is 415 g/mol. The van der Waals surface area contributed by atoms with Crippen LogP contribution in [0.1, 0.15) is 21.6 Å². The molecule has 150 valence electrons. The summed E-state index contributed by atoms with van der Waals surface area (Å²) < 4.78 is 12.7. The van der Waals surface area contributed by atoms with E-state index in [0.717, 1.165) is 11.1 Å². The van der Waals surface area contributed by atoms with Gasteiger partial charge in [0.05, 0.1) is 23.4 Å². The number of hydrogen-bond donors (Lipinski definition) is 1. The van der Waals surface area contributed by atoms with Gasteiger partial charge < -0.3 is 9.47 Å². The van der Waals surface area contributed by atoms with E-state index < -0.39 is 0 Å². The molecule has 3 aromatic rings. The number of nitrogens with zero attached hydrogens (tertiary/aromatic N) is 3. The average molecular weight is 433 g/mol. The van der Waals surface area contributed by atoms with Gasteiger partial charge in [-0.3, -0.25) is 9.48 Å². The molecule has 0 bridgehead atoms. The topological polar surface area (TPSA) is 77.7 Å². The van der Waals surface area contributed by atoms with Gasteiger partial charge in [-0.15, -0.1) is 0 Å². The molecule has 2 aromatic carbocycles. The fraction of sp³-hybridized carbons (Fsp3) is 0.150. The lowest BCUT2D eigenvalue weighted by atomic mass is 10.1. The molecule has 0 saturated heterocycles. The highest BCUT2D eigenvalue weighted by atomic mass is 35.5. The maximum absolute atomic E-state index is 11.9. The summed E-state index contributed by atoms with van der Waals surface area (Å²) in [5.41, 5.74) is 4.32. The van der Waals surface area contributed by atoms with Crippen LogP contribution in [-0.4, -0.2) is 29.0 Å². The van der Waals surface area contributed by atoms with Crippen LogP contribution in [0.25, 0.3) is 0 Å². The molecule has 0 aliphatic heterocycles. The van der Waals surface area contributed by atoms with Crippen LogP contribution in [0.2, 0.25) is 10.0 Å². The molecular formula is C20H18Cl2N4O3. The standard InChI is InChI=1S/C20H18Cl2N4O3/c1-26-8-7-18(25-26)20(27)24-23-11-13-3-4-14(19(9-13)28-2)12-29-15-5-6-16(21)17(22)10-15/h3-11H,12H2,1-2H3,(H,24,27)/b23-11+. The summed E-state index contributed by atoms with van der Waals surface area (Å²) in [6.45, 7) is 0.287. The highest BCUT2D eigenvalue weighted by Gasteiger charge is 2.08. The molecule has 0 radical (unpaired) electrons. The van der Waals surface area contributed by atoms with Gasteiger partial charge in [-0.25, -0.2) is 5.43 Å². The normalized spacial score (nSPS) is 10.9. The molecule has 0 unspecified atom stereocenters. The number of benzene rings is 2. The van der Waals surface area contributed by atoms with Crippen molar-refractivity contribution in [1.29, 1.82) is 0 Å². The third kappa shape index (κ3) is 5.49. The molecule has 0 saturated carbocycles. The Morgan fingerprint density at radius 1 is 1.21 bits per heavy atom. The van der Waals surface area contributed by atoms with Gasteiger partial charge in [0.15, 0.2) is 5.69 Å². The summed E-state index contributed by atoms with van der Waals surface area (Å²) >= 11 is 11.9. The van der Waals surface area contributed by atoms with E-state index in [-0.39, 0.29) is 18.2 Å². The van der Waals surface area contributed by atoms with Crippen molar-refractivity contribution < 1.29 is 14.3 Å². The molecule has 0 aliphatic carbocycles. The van der Waals surface area contributed by atoms with E-state index in [2.05, 4.69) is 15.6 Å². The molecule has 1 N–H and O–H groups in total. The number of rotatable bonds is 7. The number of hydrogen-bond acceptors (Lipinski definition) is 5. The Morgan fingerprint density at radius 3 is 2.72 bits per heavy atom. The van der Waals surface area contributed by atoms with E-state index in [9.17, 15) is 4.79 Å². The second kappa shape index (κ2) is 9.45. The fourth-order valence-corrected chi connectivity index (χ4v) is 2.74. The SMILES string of the molecule is COc1cc(/C=N/NC(=O)c2ccn(C)n2)ccc1COc1ccc(Cl)c(Cl)c1.